The van der Waals surface area contributed by atoms with Gasteiger partial charge in [0.1, 0.15) is 0 Å². The second-order valence-corrected chi connectivity index (χ2v) is 5.68. The molecule has 0 bridgehead atoms. The minimum Gasteiger partial charge on any atom is -0.399 e. The van der Waals surface area contributed by atoms with Crippen molar-refractivity contribution in [2.24, 2.45) is 0 Å². The van der Waals surface area contributed by atoms with Crippen LogP contribution in [-0.2, 0) is 6.42 Å². The Kier molecular flexibility index (Phi) is 5.28. The monoisotopic (exact) mass is 270 g/mol. The molecule has 0 aliphatic rings. The van der Waals surface area contributed by atoms with E-state index in [4.69, 9.17) is 11.5 Å². The van der Waals surface area contributed by atoms with E-state index in [9.17, 15) is 0 Å². The number of hydrogen-bond acceptors (Lipinski definition) is 2. The van der Waals surface area contributed by atoms with Crippen LogP contribution in [0.3, 0.4) is 0 Å². The summed E-state index contributed by atoms with van der Waals surface area (Å²) in [6, 6.07) is 10.3. The molecule has 0 saturated heterocycles. The van der Waals surface area contributed by atoms with Crippen molar-refractivity contribution in [1.29, 1.82) is 0 Å². The quantitative estimate of drug-likeness (QED) is 0.555. The molecule has 2 nitrogen and oxygen atoms in total. The van der Waals surface area contributed by atoms with Gasteiger partial charge in [-0.3, -0.25) is 0 Å². The molecule has 2 rings (SSSR count). The van der Waals surface area contributed by atoms with Crippen LogP contribution in [-0.4, -0.2) is 0 Å². The summed E-state index contributed by atoms with van der Waals surface area (Å²) in [7, 11) is 0. The molecule has 0 unspecified atom stereocenters. The predicted octanol–water partition coefficient (Wildman–Crippen LogP) is 4.91. The molecule has 0 atom stereocenters. The molecule has 2 aromatic carbocycles. The Morgan fingerprint density at radius 3 is 2.40 bits per heavy atom. The van der Waals surface area contributed by atoms with Crippen LogP contribution in [0.25, 0.3) is 10.8 Å². The highest BCUT2D eigenvalue weighted by Gasteiger charge is 2.02. The Morgan fingerprint density at radius 1 is 0.850 bits per heavy atom. The van der Waals surface area contributed by atoms with Gasteiger partial charge in [0.15, 0.2) is 0 Å². The molecule has 0 heterocycles. The van der Waals surface area contributed by atoms with Crippen molar-refractivity contribution in [3.63, 3.8) is 0 Å². The van der Waals surface area contributed by atoms with Crippen molar-refractivity contribution >= 4 is 22.1 Å². The second-order valence-electron chi connectivity index (χ2n) is 5.68. The molecular formula is C18H26N2. The highest BCUT2D eigenvalue weighted by Crippen LogP contribution is 2.26. The number of fused-ring (bicyclic) bond motifs is 1. The van der Waals surface area contributed by atoms with Crippen molar-refractivity contribution in [2.45, 2.75) is 51.9 Å². The third-order valence-corrected chi connectivity index (χ3v) is 3.89. The third kappa shape index (κ3) is 3.89. The number of rotatable bonds is 7. The van der Waals surface area contributed by atoms with E-state index in [-0.39, 0.29) is 0 Å². The van der Waals surface area contributed by atoms with Gasteiger partial charge in [0.2, 0.25) is 0 Å². The SMILES string of the molecule is CCCCCCCCc1cc(N)c2cc(N)ccc2c1. The standard InChI is InChI=1S/C18H26N2/c1-2-3-4-5-6-7-8-14-11-15-9-10-16(19)13-17(15)18(20)12-14/h9-13H,2-8,19-20H2,1H3. The van der Waals surface area contributed by atoms with Crippen molar-refractivity contribution < 1.29 is 0 Å². The maximum atomic E-state index is 6.14. The predicted molar refractivity (Wildman–Crippen MR) is 89.9 cm³/mol. The third-order valence-electron chi connectivity index (χ3n) is 3.89. The van der Waals surface area contributed by atoms with Crippen LogP contribution in [0, 0.1) is 0 Å². The van der Waals surface area contributed by atoms with Gasteiger partial charge in [0, 0.05) is 16.8 Å². The van der Waals surface area contributed by atoms with E-state index in [1.165, 1.54) is 49.5 Å². The van der Waals surface area contributed by atoms with Crippen molar-refractivity contribution in [3.8, 4) is 0 Å². The van der Waals surface area contributed by atoms with Crippen LogP contribution >= 0.6 is 0 Å². The van der Waals surface area contributed by atoms with Gasteiger partial charge in [-0.2, -0.15) is 0 Å². The van der Waals surface area contributed by atoms with E-state index in [0.29, 0.717) is 0 Å². The summed E-state index contributed by atoms with van der Waals surface area (Å²) in [5.74, 6) is 0. The minimum absolute atomic E-state index is 0.771. The average Bonchev–Trinajstić information content (AvgIpc) is 2.43. The van der Waals surface area contributed by atoms with Gasteiger partial charge >= 0.3 is 0 Å². The number of anilines is 2. The van der Waals surface area contributed by atoms with E-state index in [2.05, 4.69) is 25.1 Å². The van der Waals surface area contributed by atoms with Crippen LogP contribution in [0.1, 0.15) is 51.0 Å². The lowest BCUT2D eigenvalue weighted by atomic mass is 10.00. The molecule has 0 spiro atoms. The van der Waals surface area contributed by atoms with Crippen LogP contribution in [0.5, 0.6) is 0 Å². The summed E-state index contributed by atoms with van der Waals surface area (Å²) in [4.78, 5) is 0. The molecule has 0 fully saturated rings. The normalized spacial score (nSPS) is 11.1. The Balaban J connectivity index is 1.96. The summed E-state index contributed by atoms with van der Waals surface area (Å²) in [5.41, 5.74) is 14.9. The average molecular weight is 270 g/mol. The molecule has 2 aromatic rings. The van der Waals surface area contributed by atoms with Gasteiger partial charge in [-0.15, -0.1) is 0 Å². The van der Waals surface area contributed by atoms with Gasteiger partial charge in [-0.1, -0.05) is 51.2 Å². The first kappa shape index (κ1) is 14.7. The molecular weight excluding hydrogens is 244 g/mol. The lowest BCUT2D eigenvalue weighted by molar-refractivity contribution is 0.607. The molecule has 0 aliphatic heterocycles. The fraction of sp³-hybridized carbons (Fsp3) is 0.444. The Hall–Kier alpha value is -1.70. The van der Waals surface area contributed by atoms with Gasteiger partial charge in [0.25, 0.3) is 0 Å². The summed E-state index contributed by atoms with van der Waals surface area (Å²) < 4.78 is 0. The summed E-state index contributed by atoms with van der Waals surface area (Å²) in [6.07, 6.45) is 9.09. The molecule has 2 heteroatoms. The van der Waals surface area contributed by atoms with Crippen LogP contribution < -0.4 is 11.5 Å². The number of hydrogen-bond donors (Lipinski definition) is 2. The number of unbranched alkanes of at least 4 members (excludes halogenated alkanes) is 5. The van der Waals surface area contributed by atoms with E-state index in [0.717, 1.165) is 23.2 Å². The maximum absolute atomic E-state index is 6.14. The molecule has 20 heavy (non-hydrogen) atoms. The summed E-state index contributed by atoms with van der Waals surface area (Å²) in [5, 5.41) is 2.26. The molecule has 0 saturated carbocycles. The molecule has 108 valence electrons. The number of aryl methyl sites for hydroxylation is 1. The largest absolute Gasteiger partial charge is 0.399 e. The van der Waals surface area contributed by atoms with Gasteiger partial charge in [-0.05, 0) is 42.0 Å². The zero-order chi connectivity index (χ0) is 14.4. The van der Waals surface area contributed by atoms with Crippen LogP contribution in [0.2, 0.25) is 0 Å². The van der Waals surface area contributed by atoms with Crippen molar-refractivity contribution in [3.05, 3.63) is 35.9 Å². The number of benzene rings is 2. The van der Waals surface area contributed by atoms with E-state index >= 15 is 0 Å². The molecule has 0 aliphatic carbocycles. The van der Waals surface area contributed by atoms with E-state index in [1.807, 2.05) is 12.1 Å². The molecule has 0 amide bonds. The Labute approximate surface area is 122 Å². The summed E-state index contributed by atoms with van der Waals surface area (Å²) >= 11 is 0. The highest BCUT2D eigenvalue weighted by molar-refractivity contribution is 5.95. The second kappa shape index (κ2) is 7.18. The van der Waals surface area contributed by atoms with Crippen molar-refractivity contribution in [1.82, 2.24) is 0 Å². The van der Waals surface area contributed by atoms with Gasteiger partial charge < -0.3 is 11.5 Å². The Bertz CT molecular complexity index is 561. The lowest BCUT2D eigenvalue weighted by Gasteiger charge is -2.08. The van der Waals surface area contributed by atoms with Crippen LogP contribution in [0.15, 0.2) is 30.3 Å². The number of nitrogen functional groups attached to an aromatic ring is 2. The minimum atomic E-state index is 0.771. The fourth-order valence-electron chi connectivity index (χ4n) is 2.72. The fourth-order valence-corrected chi connectivity index (χ4v) is 2.72. The first-order valence-electron chi connectivity index (χ1n) is 7.78. The lowest BCUT2D eigenvalue weighted by Crippen LogP contribution is -1.94. The van der Waals surface area contributed by atoms with Crippen molar-refractivity contribution in [2.75, 3.05) is 11.5 Å². The maximum Gasteiger partial charge on any atom is 0.0397 e. The summed E-state index contributed by atoms with van der Waals surface area (Å²) in [6.45, 7) is 2.25. The zero-order valence-electron chi connectivity index (χ0n) is 12.5. The first-order chi connectivity index (χ1) is 9.70. The smallest absolute Gasteiger partial charge is 0.0397 e. The zero-order valence-corrected chi connectivity index (χ0v) is 12.5. The molecule has 0 aromatic heterocycles. The van der Waals surface area contributed by atoms with E-state index in [1.54, 1.807) is 0 Å². The van der Waals surface area contributed by atoms with Gasteiger partial charge in [-0.25, -0.2) is 0 Å². The van der Waals surface area contributed by atoms with Crippen LogP contribution in [0.4, 0.5) is 11.4 Å². The van der Waals surface area contributed by atoms with E-state index < -0.39 is 0 Å². The highest BCUT2D eigenvalue weighted by atomic mass is 14.6. The van der Waals surface area contributed by atoms with Gasteiger partial charge in [0.05, 0.1) is 0 Å². The first-order valence-corrected chi connectivity index (χ1v) is 7.78. The molecule has 0 radical (unpaired) electrons. The topological polar surface area (TPSA) is 52.0 Å². The number of nitrogens with two attached hydrogens (primary N) is 2. The molecule has 4 N–H and O–H groups in total. The Morgan fingerprint density at radius 2 is 1.60 bits per heavy atom.